The zero-order chi connectivity index (χ0) is 51.3. The first-order chi connectivity index (χ1) is 35.9. The van der Waals surface area contributed by atoms with E-state index in [4.69, 9.17) is 16.6 Å². The molecule has 1 unspecified atom stereocenters. The summed E-state index contributed by atoms with van der Waals surface area (Å²) in [6.07, 6.45) is 3.26. The van der Waals surface area contributed by atoms with Crippen molar-refractivity contribution in [2.75, 3.05) is 16.3 Å². The molecule has 380 valence electrons. The van der Waals surface area contributed by atoms with Gasteiger partial charge in [0.05, 0.1) is 17.5 Å². The molecule has 5 nitrogen and oxygen atoms in total. The third kappa shape index (κ3) is 9.57. The van der Waals surface area contributed by atoms with Crippen molar-refractivity contribution in [1.29, 1.82) is 0 Å². The van der Waals surface area contributed by atoms with E-state index in [0.717, 1.165) is 63.1 Å². The summed E-state index contributed by atoms with van der Waals surface area (Å²) in [5.41, 5.74) is 18.4. The van der Waals surface area contributed by atoms with E-state index in [1.54, 1.807) is 0 Å². The average Bonchev–Trinajstić information content (AvgIpc) is 3.94. The van der Waals surface area contributed by atoms with Gasteiger partial charge in [-0.05, 0) is 121 Å². The third-order valence-corrected chi connectivity index (χ3v) is 15.0. The summed E-state index contributed by atoms with van der Waals surface area (Å²) < 4.78 is 9.46. The zero-order valence-corrected chi connectivity index (χ0v) is 46.5. The minimum absolute atomic E-state index is 0. The van der Waals surface area contributed by atoms with Crippen molar-refractivity contribution in [1.82, 2.24) is 9.55 Å². The molecule has 0 bridgehead atoms. The van der Waals surface area contributed by atoms with E-state index < -0.39 is 0 Å². The number of para-hydroxylation sites is 3. The topological polar surface area (TPSA) is 33.5 Å². The van der Waals surface area contributed by atoms with Gasteiger partial charge in [-0.2, -0.15) is 13.0 Å². The Morgan fingerprint density at radius 2 is 1.24 bits per heavy atom. The summed E-state index contributed by atoms with van der Waals surface area (Å²) in [4.78, 5) is 10.00. The predicted molar refractivity (Wildman–Crippen MR) is 311 cm³/mol. The summed E-state index contributed by atoms with van der Waals surface area (Å²) in [7, 11) is 0. The van der Waals surface area contributed by atoms with Gasteiger partial charge in [0.25, 0.3) is 0 Å². The zero-order valence-electron chi connectivity index (χ0n) is 44.2. The second-order valence-electron chi connectivity index (χ2n) is 21.4. The molecule has 1 aliphatic heterocycles. The Bertz CT molecular complexity index is 3580. The maximum atomic E-state index is 7.24. The van der Waals surface area contributed by atoms with Crippen LogP contribution < -0.4 is 14.5 Å². The fraction of sp³-hybridized carbons (Fsp3) is 0.203. The minimum Gasteiger partial charge on any atom is -0.540 e. The van der Waals surface area contributed by atoms with Crippen molar-refractivity contribution in [2.24, 2.45) is 0 Å². The monoisotopic (exact) mass is 1160 g/mol. The molecule has 10 aromatic rings. The Morgan fingerprint density at radius 1 is 0.627 bits per heavy atom. The Hall–Kier alpha value is -7.33. The van der Waals surface area contributed by atoms with Crippen LogP contribution in [-0.4, -0.2) is 22.3 Å². The fourth-order valence-electron chi connectivity index (χ4n) is 11.3. The van der Waals surface area contributed by atoms with Crippen molar-refractivity contribution in [3.05, 3.63) is 236 Å². The van der Waals surface area contributed by atoms with Crippen molar-refractivity contribution in [3.63, 3.8) is 0 Å². The molecule has 0 N–H and O–H groups in total. The quantitative estimate of drug-likeness (QED) is 0.108. The summed E-state index contributed by atoms with van der Waals surface area (Å²) in [5, 5.41) is 2.22. The number of nitrogens with zero attached hydrogens (tertiary/aromatic N) is 4. The Labute approximate surface area is 459 Å². The van der Waals surface area contributed by atoms with Crippen molar-refractivity contribution >= 4 is 38.9 Å². The molecule has 6 heteroatoms. The van der Waals surface area contributed by atoms with Crippen LogP contribution in [-0.2, 0) is 32.9 Å². The molecule has 0 spiro atoms. The van der Waals surface area contributed by atoms with Crippen molar-refractivity contribution < 1.29 is 25.8 Å². The van der Waals surface area contributed by atoms with E-state index in [1.165, 1.54) is 55.8 Å². The van der Waals surface area contributed by atoms with Crippen LogP contribution in [0.4, 0.5) is 17.1 Å². The largest absolute Gasteiger partial charge is 0.540 e. The molecule has 0 fully saturated rings. The second-order valence-corrected chi connectivity index (χ2v) is 21.4. The van der Waals surface area contributed by atoms with E-state index >= 15 is 0 Å². The van der Waals surface area contributed by atoms with Crippen LogP contribution >= 0.6 is 0 Å². The number of hydrogen-bond donors (Lipinski definition) is 0. The third-order valence-electron chi connectivity index (χ3n) is 15.0. The van der Waals surface area contributed by atoms with Crippen LogP contribution in [0.15, 0.2) is 188 Å². The Balaban J connectivity index is 0.00000641. The number of rotatable bonds is 13. The molecular weight excluding hydrogens is 1100 g/mol. The first-order valence-corrected chi connectivity index (χ1v) is 26.3. The van der Waals surface area contributed by atoms with E-state index in [9.17, 15) is 0 Å². The van der Waals surface area contributed by atoms with Gasteiger partial charge in [0.15, 0.2) is 0 Å². The summed E-state index contributed by atoms with van der Waals surface area (Å²) in [6, 6.07) is 69.4. The Kier molecular flexibility index (Phi) is 14.4. The van der Waals surface area contributed by atoms with E-state index in [2.05, 4.69) is 252 Å². The number of ether oxygens (including phenoxy) is 1. The molecule has 11 rings (SSSR count). The summed E-state index contributed by atoms with van der Waals surface area (Å²) in [5.74, 6) is 2.70. The molecule has 0 radical (unpaired) electrons. The van der Waals surface area contributed by atoms with Crippen LogP contribution in [0.25, 0.3) is 61.0 Å². The van der Waals surface area contributed by atoms with Gasteiger partial charge in [-0.25, -0.2) is 4.98 Å². The summed E-state index contributed by atoms with van der Waals surface area (Å²) >= 11 is 0. The molecule has 3 heterocycles. The normalized spacial score (nSPS) is 13.5. The minimum atomic E-state index is -0.111. The van der Waals surface area contributed by atoms with Gasteiger partial charge in [0.1, 0.15) is 5.82 Å². The van der Waals surface area contributed by atoms with E-state index in [0.29, 0.717) is 17.9 Å². The van der Waals surface area contributed by atoms with Gasteiger partial charge in [-0.15, -0.1) is 29.5 Å². The van der Waals surface area contributed by atoms with E-state index in [1.807, 2.05) is 12.3 Å². The smallest absolute Gasteiger partial charge is 0.135 e. The van der Waals surface area contributed by atoms with Crippen LogP contribution in [0.3, 0.4) is 0 Å². The van der Waals surface area contributed by atoms with Gasteiger partial charge in [-0.1, -0.05) is 199 Å². The van der Waals surface area contributed by atoms with Crippen LogP contribution in [0.5, 0.6) is 11.5 Å². The molecule has 0 amide bonds. The molecular formula is C69H65N4OPt-3. The van der Waals surface area contributed by atoms with Gasteiger partial charge in [0.2, 0.25) is 0 Å². The molecule has 1 aliphatic rings. The molecule has 0 saturated heterocycles. The number of hydrogen-bond acceptors (Lipinski definition) is 4. The fourth-order valence-corrected chi connectivity index (χ4v) is 11.3. The van der Waals surface area contributed by atoms with Crippen LogP contribution in [0.1, 0.15) is 94.5 Å². The number of pyridine rings is 1. The van der Waals surface area contributed by atoms with Crippen LogP contribution in [0.2, 0.25) is 0 Å². The number of benzene rings is 8. The SMILES string of the molecule is [CH2-]CC1N(CCc2c(-c3ccccc3)cccc2-c2ccccc2)c2ccccc2N1c1cc(-c2c(C(C)C)cccc2C(C)C)cc(Oc2[c-]c3c(cc2)c2ccccc2n3-c2cc(C(C)(C)C)ccn2)c1[CH2-].[Pt]. The average molecular weight is 1160 g/mol. The molecule has 2 aromatic heterocycles. The van der Waals surface area contributed by atoms with Crippen molar-refractivity contribution in [2.45, 2.75) is 84.7 Å². The molecule has 75 heavy (non-hydrogen) atoms. The number of fused-ring (bicyclic) bond motifs is 4. The molecule has 0 aliphatic carbocycles. The van der Waals surface area contributed by atoms with Crippen molar-refractivity contribution in [3.8, 4) is 50.7 Å². The maximum absolute atomic E-state index is 7.24. The Morgan fingerprint density at radius 3 is 1.88 bits per heavy atom. The molecule has 0 saturated carbocycles. The van der Waals surface area contributed by atoms with Crippen LogP contribution in [0, 0.1) is 19.9 Å². The van der Waals surface area contributed by atoms with Gasteiger partial charge >= 0.3 is 0 Å². The predicted octanol–water partition coefficient (Wildman–Crippen LogP) is 18.2. The van der Waals surface area contributed by atoms with Gasteiger partial charge < -0.3 is 26.0 Å². The van der Waals surface area contributed by atoms with E-state index in [-0.39, 0.29) is 44.5 Å². The number of aromatic nitrogens is 2. The molecule has 1 atom stereocenters. The maximum Gasteiger partial charge on any atom is 0.135 e. The molecule has 8 aromatic carbocycles. The first kappa shape index (κ1) is 51.2. The standard InChI is InChI=1S/C69H65N4O.Pt/c1-10-67-71(40-38-57-55(48-23-13-11-14-24-48)30-22-31-56(57)49-25-15-12-16-26-49)61-33-19-20-34-62(61)73(67)63-41-50(68-53(45(2)3)28-21-29-54(68)46(4)5)42-65(47(63)6)74-52-35-36-59-58-27-17-18-32-60(58)72(64(59)44-52)66-43-51(37-39-70-66)69(7,8)9;/h11-37,39,41-43,45-46,67H,1,6,10,38,40H2,2-5,7-9H3;/q-3;. The number of anilines is 3. The summed E-state index contributed by atoms with van der Waals surface area (Å²) in [6.45, 7) is 26.3. The first-order valence-electron chi connectivity index (χ1n) is 26.3. The van der Waals surface area contributed by atoms with Gasteiger partial charge in [0, 0.05) is 45.1 Å². The second kappa shape index (κ2) is 21.1. The van der Waals surface area contributed by atoms with Gasteiger partial charge in [-0.3, -0.25) is 0 Å².